The molecule has 0 spiro atoms. The minimum Gasteiger partial charge on any atom is -0.464 e. The van der Waals surface area contributed by atoms with E-state index in [-0.39, 0.29) is 11.5 Å². The first-order valence-electron chi connectivity index (χ1n) is 6.49. The molecule has 0 fully saturated rings. The third kappa shape index (κ3) is 2.65. The fourth-order valence-electron chi connectivity index (χ4n) is 2.28. The van der Waals surface area contributed by atoms with Gasteiger partial charge in [0.25, 0.3) is 0 Å². The molecule has 2 heterocycles. The molecule has 1 aliphatic rings. The molecular formula is C15H14FN3O2. The minimum absolute atomic E-state index is 0.254. The second-order valence-electron chi connectivity index (χ2n) is 4.74. The number of hydrogen-bond donors (Lipinski definition) is 1. The average Bonchev–Trinajstić information content (AvgIpc) is 2.91. The van der Waals surface area contributed by atoms with Gasteiger partial charge in [-0.15, -0.1) is 0 Å². The van der Waals surface area contributed by atoms with Gasteiger partial charge >= 0.3 is 5.97 Å². The molecule has 3 rings (SSSR count). The maximum atomic E-state index is 12.9. The van der Waals surface area contributed by atoms with Gasteiger partial charge < -0.3 is 15.0 Å². The van der Waals surface area contributed by atoms with Gasteiger partial charge in [0.1, 0.15) is 5.82 Å². The number of nitrogens with one attached hydrogen (secondary N) is 1. The van der Waals surface area contributed by atoms with Crippen LogP contribution in [0.2, 0.25) is 0 Å². The van der Waals surface area contributed by atoms with Crippen LogP contribution in [0.15, 0.2) is 36.5 Å². The maximum absolute atomic E-state index is 12.9. The number of hydrogen-bond acceptors (Lipinski definition) is 5. The van der Waals surface area contributed by atoms with Crippen LogP contribution in [-0.2, 0) is 11.3 Å². The Balaban J connectivity index is 1.85. The average molecular weight is 287 g/mol. The topological polar surface area (TPSA) is 54.5 Å². The molecule has 1 aromatic carbocycles. The fourth-order valence-corrected chi connectivity index (χ4v) is 2.28. The summed E-state index contributed by atoms with van der Waals surface area (Å²) < 4.78 is 17.6. The minimum atomic E-state index is -0.466. The van der Waals surface area contributed by atoms with E-state index in [2.05, 4.69) is 19.9 Å². The highest BCUT2D eigenvalue weighted by molar-refractivity contribution is 5.90. The SMILES string of the molecule is COC(=O)c1cc2c(cn1)NCN2Cc1ccc(F)cc1. The van der Waals surface area contributed by atoms with E-state index in [0.29, 0.717) is 13.2 Å². The Morgan fingerprint density at radius 1 is 1.43 bits per heavy atom. The largest absolute Gasteiger partial charge is 0.464 e. The smallest absolute Gasteiger partial charge is 0.356 e. The molecule has 0 radical (unpaired) electrons. The predicted octanol–water partition coefficient (Wildman–Crippen LogP) is 2.40. The molecular weight excluding hydrogens is 273 g/mol. The van der Waals surface area contributed by atoms with E-state index >= 15 is 0 Å². The lowest BCUT2D eigenvalue weighted by atomic mass is 10.2. The lowest BCUT2D eigenvalue weighted by Crippen LogP contribution is -2.22. The van der Waals surface area contributed by atoms with Crippen molar-refractivity contribution in [1.29, 1.82) is 0 Å². The van der Waals surface area contributed by atoms with Crippen molar-refractivity contribution in [2.75, 3.05) is 24.0 Å². The monoisotopic (exact) mass is 287 g/mol. The molecule has 0 amide bonds. The van der Waals surface area contributed by atoms with Crippen molar-refractivity contribution in [1.82, 2.24) is 4.98 Å². The van der Waals surface area contributed by atoms with Crippen molar-refractivity contribution in [2.24, 2.45) is 0 Å². The third-order valence-corrected chi connectivity index (χ3v) is 3.36. The van der Waals surface area contributed by atoms with Gasteiger partial charge in [-0.3, -0.25) is 0 Å². The second kappa shape index (κ2) is 5.40. The Bertz CT molecular complexity index is 673. The van der Waals surface area contributed by atoms with E-state index in [4.69, 9.17) is 0 Å². The predicted molar refractivity (Wildman–Crippen MR) is 76.6 cm³/mol. The molecule has 1 aliphatic heterocycles. The molecule has 0 bridgehead atoms. The van der Waals surface area contributed by atoms with Crippen LogP contribution in [0, 0.1) is 5.82 Å². The van der Waals surface area contributed by atoms with Gasteiger partial charge in [-0.2, -0.15) is 0 Å². The van der Waals surface area contributed by atoms with Gasteiger partial charge in [0.15, 0.2) is 5.69 Å². The number of anilines is 2. The summed E-state index contributed by atoms with van der Waals surface area (Å²) in [6, 6.07) is 8.06. The Morgan fingerprint density at radius 3 is 2.90 bits per heavy atom. The quantitative estimate of drug-likeness (QED) is 0.879. The molecule has 0 aliphatic carbocycles. The highest BCUT2D eigenvalue weighted by Gasteiger charge is 2.21. The molecule has 5 nitrogen and oxygen atoms in total. The van der Waals surface area contributed by atoms with Crippen LogP contribution in [0.4, 0.5) is 15.8 Å². The van der Waals surface area contributed by atoms with Gasteiger partial charge in [-0.25, -0.2) is 14.2 Å². The summed E-state index contributed by atoms with van der Waals surface area (Å²) in [6.07, 6.45) is 1.62. The van der Waals surface area contributed by atoms with Gasteiger partial charge in [-0.05, 0) is 23.8 Å². The molecule has 0 unspecified atom stereocenters. The van der Waals surface area contributed by atoms with Crippen LogP contribution in [0.25, 0.3) is 0 Å². The number of pyridine rings is 1. The van der Waals surface area contributed by atoms with E-state index in [1.807, 2.05) is 0 Å². The van der Waals surface area contributed by atoms with Gasteiger partial charge in [0.2, 0.25) is 0 Å². The number of fused-ring (bicyclic) bond motifs is 1. The van der Waals surface area contributed by atoms with E-state index in [1.165, 1.54) is 19.2 Å². The summed E-state index contributed by atoms with van der Waals surface area (Å²) in [5.41, 5.74) is 3.01. The van der Waals surface area contributed by atoms with Crippen molar-refractivity contribution >= 4 is 17.3 Å². The van der Waals surface area contributed by atoms with E-state index < -0.39 is 5.97 Å². The van der Waals surface area contributed by atoms with Gasteiger partial charge in [0, 0.05) is 6.54 Å². The summed E-state index contributed by atoms with van der Waals surface area (Å²) >= 11 is 0. The zero-order valence-corrected chi connectivity index (χ0v) is 11.5. The summed E-state index contributed by atoms with van der Waals surface area (Å²) in [7, 11) is 1.33. The molecule has 2 aromatic rings. The standard InChI is InChI=1S/C15H14FN3O2/c1-21-15(20)12-6-14-13(7-17-12)18-9-19(14)8-10-2-4-11(16)5-3-10/h2-7,18H,8-9H2,1H3. The van der Waals surface area contributed by atoms with Gasteiger partial charge in [0.05, 0.1) is 31.4 Å². The van der Waals surface area contributed by atoms with E-state index in [0.717, 1.165) is 16.9 Å². The van der Waals surface area contributed by atoms with Crippen LogP contribution < -0.4 is 10.2 Å². The molecule has 0 saturated heterocycles. The second-order valence-corrected chi connectivity index (χ2v) is 4.74. The normalized spacial score (nSPS) is 12.8. The number of ether oxygens (including phenoxy) is 1. The Labute approximate surface area is 121 Å². The van der Waals surface area contributed by atoms with Crippen LogP contribution in [0.3, 0.4) is 0 Å². The lowest BCUT2D eigenvalue weighted by molar-refractivity contribution is 0.0594. The molecule has 21 heavy (non-hydrogen) atoms. The van der Waals surface area contributed by atoms with Crippen LogP contribution in [0.1, 0.15) is 16.1 Å². The summed E-state index contributed by atoms with van der Waals surface area (Å²) in [5, 5.41) is 3.20. The first kappa shape index (κ1) is 13.4. The number of nitrogens with zero attached hydrogens (tertiary/aromatic N) is 2. The van der Waals surface area contributed by atoms with Crippen molar-refractivity contribution in [3.8, 4) is 0 Å². The Morgan fingerprint density at radius 2 is 2.19 bits per heavy atom. The molecule has 0 atom stereocenters. The fraction of sp³-hybridized carbons (Fsp3) is 0.200. The van der Waals surface area contributed by atoms with Crippen molar-refractivity contribution in [3.63, 3.8) is 0 Å². The first-order chi connectivity index (χ1) is 10.2. The third-order valence-electron chi connectivity index (χ3n) is 3.36. The summed E-state index contributed by atoms with van der Waals surface area (Å²) in [6.45, 7) is 1.23. The highest BCUT2D eigenvalue weighted by Crippen LogP contribution is 2.32. The number of aromatic nitrogens is 1. The Hall–Kier alpha value is -2.63. The van der Waals surface area contributed by atoms with Crippen molar-refractivity contribution in [2.45, 2.75) is 6.54 Å². The Kier molecular flexibility index (Phi) is 3.43. The number of carbonyl (C=O) groups is 1. The summed E-state index contributed by atoms with van der Waals surface area (Å²) in [5.74, 6) is -0.720. The number of benzene rings is 1. The van der Waals surface area contributed by atoms with Crippen LogP contribution in [0.5, 0.6) is 0 Å². The van der Waals surface area contributed by atoms with E-state index in [9.17, 15) is 9.18 Å². The number of methoxy groups -OCH3 is 1. The molecule has 1 N–H and O–H groups in total. The van der Waals surface area contributed by atoms with Crippen LogP contribution >= 0.6 is 0 Å². The van der Waals surface area contributed by atoms with Gasteiger partial charge in [-0.1, -0.05) is 12.1 Å². The molecule has 6 heteroatoms. The van der Waals surface area contributed by atoms with Crippen molar-refractivity contribution in [3.05, 3.63) is 53.6 Å². The number of carbonyl (C=O) groups excluding carboxylic acids is 1. The first-order valence-corrected chi connectivity index (χ1v) is 6.49. The van der Waals surface area contributed by atoms with Crippen molar-refractivity contribution < 1.29 is 13.9 Å². The zero-order chi connectivity index (χ0) is 14.8. The molecule has 0 saturated carbocycles. The molecule has 1 aromatic heterocycles. The summed E-state index contributed by atoms with van der Waals surface area (Å²) in [4.78, 5) is 17.7. The number of halogens is 1. The van der Waals surface area contributed by atoms with Crippen LogP contribution in [-0.4, -0.2) is 24.7 Å². The number of rotatable bonds is 3. The number of esters is 1. The maximum Gasteiger partial charge on any atom is 0.356 e. The van der Waals surface area contributed by atoms with E-state index in [1.54, 1.807) is 24.4 Å². The highest BCUT2D eigenvalue weighted by atomic mass is 19.1. The lowest BCUT2D eigenvalue weighted by Gasteiger charge is -2.18. The molecule has 108 valence electrons. The zero-order valence-electron chi connectivity index (χ0n) is 11.5.